The van der Waals surface area contributed by atoms with Gasteiger partial charge in [0.2, 0.25) is 5.88 Å². The third kappa shape index (κ3) is 3.53. The van der Waals surface area contributed by atoms with Crippen LogP contribution in [0.3, 0.4) is 0 Å². The highest BCUT2D eigenvalue weighted by Crippen LogP contribution is 2.29. The van der Waals surface area contributed by atoms with Gasteiger partial charge in [-0.3, -0.25) is 4.79 Å². The molecule has 1 amide bonds. The Hall–Kier alpha value is -2.48. The van der Waals surface area contributed by atoms with Crippen molar-refractivity contribution in [1.82, 2.24) is 24.9 Å². The lowest BCUT2D eigenvalue weighted by Gasteiger charge is -2.32. The van der Waals surface area contributed by atoms with Gasteiger partial charge in [0.25, 0.3) is 5.91 Å². The summed E-state index contributed by atoms with van der Waals surface area (Å²) in [5.41, 5.74) is 3.60. The summed E-state index contributed by atoms with van der Waals surface area (Å²) in [6.45, 7) is 1.40. The van der Waals surface area contributed by atoms with Crippen molar-refractivity contribution in [2.75, 3.05) is 26.8 Å². The van der Waals surface area contributed by atoms with E-state index in [0.717, 1.165) is 43.5 Å². The number of nitrogens with zero attached hydrogens (tertiary/aromatic N) is 5. The number of pyridine rings is 1. The molecule has 1 fully saturated rings. The number of carbonyl (C=O) groups is 1. The van der Waals surface area contributed by atoms with Crippen LogP contribution in [0.4, 0.5) is 0 Å². The van der Waals surface area contributed by atoms with Crippen LogP contribution in [0.5, 0.6) is 5.88 Å². The molecule has 8 nitrogen and oxygen atoms in total. The molecule has 144 valence electrons. The van der Waals surface area contributed by atoms with Crippen LogP contribution in [-0.2, 0) is 19.3 Å². The second-order valence-electron chi connectivity index (χ2n) is 7.19. The SMILES string of the molecule is COc1nc2c(cc1C(=O)N1CCC(n3cc(CCO)nn3)CC1)CCC2. The van der Waals surface area contributed by atoms with E-state index in [-0.39, 0.29) is 18.6 Å². The van der Waals surface area contributed by atoms with Crippen LogP contribution < -0.4 is 4.74 Å². The van der Waals surface area contributed by atoms with Crippen molar-refractivity contribution in [2.24, 2.45) is 0 Å². The summed E-state index contributed by atoms with van der Waals surface area (Å²) in [5, 5.41) is 17.3. The predicted octanol–water partition coefficient (Wildman–Crippen LogP) is 1.18. The van der Waals surface area contributed by atoms with E-state index in [1.54, 1.807) is 7.11 Å². The minimum absolute atomic E-state index is 0.00735. The monoisotopic (exact) mass is 371 g/mol. The number of aliphatic hydroxyl groups is 1. The molecule has 2 aromatic rings. The van der Waals surface area contributed by atoms with E-state index in [9.17, 15) is 4.79 Å². The molecule has 0 saturated carbocycles. The van der Waals surface area contributed by atoms with E-state index in [1.165, 1.54) is 5.56 Å². The zero-order valence-corrected chi connectivity index (χ0v) is 15.6. The van der Waals surface area contributed by atoms with E-state index >= 15 is 0 Å². The number of piperidine rings is 1. The Morgan fingerprint density at radius 2 is 2.15 bits per heavy atom. The van der Waals surface area contributed by atoms with Crippen molar-refractivity contribution in [3.63, 3.8) is 0 Å². The Morgan fingerprint density at radius 3 is 2.89 bits per heavy atom. The summed E-state index contributed by atoms with van der Waals surface area (Å²) < 4.78 is 7.26. The molecule has 3 heterocycles. The van der Waals surface area contributed by atoms with Gasteiger partial charge < -0.3 is 14.7 Å². The summed E-state index contributed by atoms with van der Waals surface area (Å²) in [6.07, 6.45) is 7.10. The zero-order valence-electron chi connectivity index (χ0n) is 15.6. The standard InChI is InChI=1S/C19H25N5O3/c1-27-18-16(11-13-3-2-4-17(13)20-18)19(26)23-8-5-15(6-9-23)24-12-14(7-10-25)21-22-24/h11-12,15,25H,2-10H2,1H3. The minimum Gasteiger partial charge on any atom is -0.480 e. The van der Waals surface area contributed by atoms with Crippen molar-refractivity contribution in [3.8, 4) is 5.88 Å². The molecule has 0 unspecified atom stereocenters. The molecule has 1 aliphatic heterocycles. The number of likely N-dealkylation sites (tertiary alicyclic amines) is 1. The predicted molar refractivity (Wildman–Crippen MR) is 97.8 cm³/mol. The van der Waals surface area contributed by atoms with E-state index in [1.807, 2.05) is 21.8 Å². The first-order valence-electron chi connectivity index (χ1n) is 9.57. The van der Waals surface area contributed by atoms with Gasteiger partial charge in [-0.25, -0.2) is 9.67 Å². The van der Waals surface area contributed by atoms with Gasteiger partial charge >= 0.3 is 0 Å². The molecule has 1 aliphatic carbocycles. The third-order valence-electron chi connectivity index (χ3n) is 5.49. The number of aliphatic hydroxyl groups excluding tert-OH is 1. The van der Waals surface area contributed by atoms with Crippen LogP contribution in [0.25, 0.3) is 0 Å². The molecule has 0 spiro atoms. The van der Waals surface area contributed by atoms with Gasteiger partial charge in [0, 0.05) is 38.0 Å². The first-order chi connectivity index (χ1) is 13.2. The smallest absolute Gasteiger partial charge is 0.259 e. The summed E-state index contributed by atoms with van der Waals surface area (Å²) in [7, 11) is 1.57. The lowest BCUT2D eigenvalue weighted by atomic mass is 10.0. The molecule has 0 bridgehead atoms. The molecule has 2 aliphatic rings. The first-order valence-corrected chi connectivity index (χ1v) is 9.57. The molecule has 0 radical (unpaired) electrons. The number of amides is 1. The second kappa shape index (κ2) is 7.64. The fraction of sp³-hybridized carbons (Fsp3) is 0.579. The van der Waals surface area contributed by atoms with E-state index in [2.05, 4.69) is 15.3 Å². The molecular formula is C19H25N5O3. The average Bonchev–Trinajstić information content (AvgIpc) is 3.35. The summed E-state index contributed by atoms with van der Waals surface area (Å²) in [4.78, 5) is 19.5. The fourth-order valence-corrected chi connectivity index (χ4v) is 3.99. The lowest BCUT2D eigenvalue weighted by molar-refractivity contribution is 0.0685. The van der Waals surface area contributed by atoms with Crippen LogP contribution in [0.15, 0.2) is 12.3 Å². The number of aryl methyl sites for hydroxylation is 2. The number of aromatic nitrogens is 4. The van der Waals surface area contributed by atoms with E-state index in [4.69, 9.17) is 9.84 Å². The normalized spacial score (nSPS) is 17.2. The Bertz CT molecular complexity index is 827. The van der Waals surface area contributed by atoms with Gasteiger partial charge in [-0.15, -0.1) is 5.10 Å². The molecule has 4 rings (SSSR count). The highest BCUT2D eigenvalue weighted by molar-refractivity contribution is 5.96. The molecule has 8 heteroatoms. The molecule has 0 aromatic carbocycles. The van der Waals surface area contributed by atoms with Crippen LogP contribution >= 0.6 is 0 Å². The van der Waals surface area contributed by atoms with Crippen LogP contribution in [0.2, 0.25) is 0 Å². The van der Waals surface area contributed by atoms with Crippen molar-refractivity contribution in [3.05, 3.63) is 34.8 Å². The van der Waals surface area contributed by atoms with Crippen molar-refractivity contribution in [2.45, 2.75) is 44.6 Å². The van der Waals surface area contributed by atoms with Gasteiger partial charge in [0.15, 0.2) is 0 Å². The number of methoxy groups -OCH3 is 1. The Kier molecular flexibility index (Phi) is 5.07. The minimum atomic E-state index is -0.00735. The zero-order chi connectivity index (χ0) is 18.8. The summed E-state index contributed by atoms with van der Waals surface area (Å²) >= 11 is 0. The highest BCUT2D eigenvalue weighted by Gasteiger charge is 2.29. The lowest BCUT2D eigenvalue weighted by Crippen LogP contribution is -2.39. The summed E-state index contributed by atoms with van der Waals surface area (Å²) in [6, 6.07) is 2.20. The number of hydrogen-bond donors (Lipinski definition) is 1. The molecular weight excluding hydrogens is 346 g/mol. The van der Waals surface area contributed by atoms with Crippen LogP contribution in [0.1, 0.15) is 52.6 Å². The number of fused-ring (bicyclic) bond motifs is 1. The second-order valence-corrected chi connectivity index (χ2v) is 7.19. The molecule has 0 atom stereocenters. The van der Waals surface area contributed by atoms with Gasteiger partial charge in [-0.2, -0.15) is 0 Å². The molecule has 27 heavy (non-hydrogen) atoms. The maximum atomic E-state index is 13.1. The van der Waals surface area contributed by atoms with E-state index in [0.29, 0.717) is 31.0 Å². The average molecular weight is 371 g/mol. The number of ether oxygens (including phenoxy) is 1. The van der Waals surface area contributed by atoms with Gasteiger partial charge in [0.1, 0.15) is 5.56 Å². The molecule has 2 aromatic heterocycles. The van der Waals surface area contributed by atoms with E-state index < -0.39 is 0 Å². The Morgan fingerprint density at radius 1 is 1.33 bits per heavy atom. The van der Waals surface area contributed by atoms with Gasteiger partial charge in [-0.1, -0.05) is 5.21 Å². The largest absolute Gasteiger partial charge is 0.480 e. The number of rotatable bonds is 5. The summed E-state index contributed by atoms with van der Waals surface area (Å²) in [5.74, 6) is 0.430. The Balaban J connectivity index is 1.44. The first kappa shape index (κ1) is 17.9. The quantitative estimate of drug-likeness (QED) is 0.848. The van der Waals surface area contributed by atoms with Gasteiger partial charge in [-0.05, 0) is 43.7 Å². The molecule has 1 saturated heterocycles. The maximum absolute atomic E-state index is 13.1. The van der Waals surface area contributed by atoms with Gasteiger partial charge in [0.05, 0.1) is 18.8 Å². The topological polar surface area (TPSA) is 93.4 Å². The third-order valence-corrected chi connectivity index (χ3v) is 5.49. The van der Waals surface area contributed by atoms with Crippen LogP contribution in [0, 0.1) is 0 Å². The Labute approximate surface area is 158 Å². The van der Waals surface area contributed by atoms with Crippen molar-refractivity contribution >= 4 is 5.91 Å². The number of carbonyl (C=O) groups excluding carboxylic acids is 1. The van der Waals surface area contributed by atoms with Crippen molar-refractivity contribution < 1.29 is 14.6 Å². The maximum Gasteiger partial charge on any atom is 0.259 e. The van der Waals surface area contributed by atoms with Crippen LogP contribution in [-0.4, -0.2) is 62.7 Å². The number of hydrogen-bond acceptors (Lipinski definition) is 6. The highest BCUT2D eigenvalue weighted by atomic mass is 16.5. The fourth-order valence-electron chi connectivity index (χ4n) is 3.99. The van der Waals surface area contributed by atoms with Crippen molar-refractivity contribution in [1.29, 1.82) is 0 Å². The molecule has 1 N–H and O–H groups in total.